The van der Waals surface area contributed by atoms with Crippen molar-refractivity contribution < 1.29 is 0 Å². The number of rotatable bonds is 6. The first-order valence-electron chi connectivity index (χ1n) is 23.2. The Hall–Kier alpha value is -7.42. The second kappa shape index (κ2) is 14.6. The Kier molecular flexibility index (Phi) is 8.46. The molecule has 5 aliphatic carbocycles. The number of anilines is 3. The van der Waals surface area contributed by atoms with Crippen LogP contribution in [0.25, 0.3) is 56.1 Å². The highest BCUT2D eigenvalue weighted by Gasteiger charge is 2.53. The molecule has 1 aromatic heterocycles. The zero-order valence-corrected chi connectivity index (χ0v) is 36.1. The van der Waals surface area contributed by atoms with Crippen molar-refractivity contribution in [3.05, 3.63) is 245 Å². The molecule has 0 aliphatic heterocycles. The van der Waals surface area contributed by atoms with Gasteiger partial charge in [-0.05, 0) is 177 Å². The number of para-hydroxylation sites is 1. The van der Waals surface area contributed by atoms with Crippen LogP contribution in [0.15, 0.2) is 211 Å². The number of aryl methyl sites for hydroxylation is 1. The Morgan fingerprint density at radius 1 is 0.547 bits per heavy atom. The van der Waals surface area contributed by atoms with Crippen LogP contribution < -0.4 is 4.90 Å². The number of hydrogen-bond acceptors (Lipinski definition) is 1. The summed E-state index contributed by atoms with van der Waals surface area (Å²) >= 11 is 0. The minimum absolute atomic E-state index is 0.298. The lowest BCUT2D eigenvalue weighted by molar-refractivity contribution is 0.690. The van der Waals surface area contributed by atoms with E-state index in [0.717, 1.165) is 43.5 Å². The smallest absolute Gasteiger partial charge is 0.0685 e. The first-order valence-corrected chi connectivity index (χ1v) is 23.2. The predicted octanol–water partition coefficient (Wildman–Crippen LogP) is 16.2. The fourth-order valence-electron chi connectivity index (χ4n) is 11.9. The summed E-state index contributed by atoms with van der Waals surface area (Å²) in [6.45, 7) is 2.37. The van der Waals surface area contributed by atoms with Crippen LogP contribution in [0.4, 0.5) is 17.1 Å². The lowest BCUT2D eigenvalue weighted by Crippen LogP contribution is -2.29. The lowest BCUT2D eigenvalue weighted by Gasteiger charge is -2.36. The van der Waals surface area contributed by atoms with Crippen LogP contribution in [0.2, 0.25) is 0 Å². The molecule has 0 saturated carbocycles. The summed E-state index contributed by atoms with van der Waals surface area (Å²) in [4.78, 5) is 2.48. The Morgan fingerprint density at radius 2 is 1.20 bits per heavy atom. The van der Waals surface area contributed by atoms with Crippen LogP contribution in [-0.2, 0) is 11.8 Å². The van der Waals surface area contributed by atoms with E-state index in [1.54, 1.807) is 5.57 Å². The van der Waals surface area contributed by atoms with Gasteiger partial charge < -0.3 is 9.47 Å². The zero-order valence-electron chi connectivity index (χ0n) is 36.1. The van der Waals surface area contributed by atoms with Crippen LogP contribution in [0.1, 0.15) is 66.1 Å². The number of nitrogens with zero attached hydrogens (tertiary/aromatic N) is 2. The van der Waals surface area contributed by atoms with Gasteiger partial charge in [-0.2, -0.15) is 0 Å². The largest absolute Gasteiger partial charge is 0.310 e. The fraction of sp³-hybridized carbons (Fsp3) is 0.129. The number of aromatic nitrogens is 1. The van der Waals surface area contributed by atoms with E-state index >= 15 is 0 Å². The van der Waals surface area contributed by atoms with Gasteiger partial charge in [0.25, 0.3) is 0 Å². The van der Waals surface area contributed by atoms with Crippen molar-refractivity contribution in [2.45, 2.75) is 44.4 Å². The maximum atomic E-state index is 2.55. The molecule has 8 aromatic rings. The Balaban J connectivity index is 0.957. The average molecular weight is 821 g/mol. The molecule has 1 spiro atoms. The second-order valence-electron chi connectivity index (χ2n) is 18.3. The van der Waals surface area contributed by atoms with Crippen LogP contribution in [0.3, 0.4) is 0 Å². The highest BCUT2D eigenvalue weighted by molar-refractivity contribution is 5.99. The summed E-state index contributed by atoms with van der Waals surface area (Å²) in [5.74, 6) is 0.502. The summed E-state index contributed by atoms with van der Waals surface area (Å²) in [5.41, 5.74) is 24.9. The minimum atomic E-state index is -0.298. The molecular weight excluding hydrogens is 773 g/mol. The van der Waals surface area contributed by atoms with Crippen molar-refractivity contribution in [1.29, 1.82) is 0 Å². The Labute approximate surface area is 376 Å². The van der Waals surface area contributed by atoms with Gasteiger partial charge in [-0.25, -0.2) is 0 Å². The molecule has 2 unspecified atom stereocenters. The normalized spacial score (nSPS) is 18.9. The molecule has 7 aromatic carbocycles. The third-order valence-electron chi connectivity index (χ3n) is 14.7. The van der Waals surface area contributed by atoms with Gasteiger partial charge >= 0.3 is 0 Å². The van der Waals surface area contributed by atoms with E-state index in [4.69, 9.17) is 0 Å². The highest BCUT2D eigenvalue weighted by Crippen LogP contribution is 2.65. The van der Waals surface area contributed by atoms with Gasteiger partial charge in [-0.15, -0.1) is 0 Å². The molecule has 0 N–H and O–H groups in total. The maximum absolute atomic E-state index is 2.55. The molecule has 0 fully saturated rings. The summed E-state index contributed by atoms with van der Waals surface area (Å²) in [6.07, 6.45) is 19.7. The molecule has 0 amide bonds. The molecule has 5 aliphatic rings. The number of benzene rings is 7. The number of allylic oxidation sites excluding steroid dienone is 9. The van der Waals surface area contributed by atoms with Crippen molar-refractivity contribution in [1.82, 2.24) is 4.57 Å². The van der Waals surface area contributed by atoms with Crippen molar-refractivity contribution in [2.75, 3.05) is 4.90 Å². The van der Waals surface area contributed by atoms with Gasteiger partial charge in [-0.1, -0.05) is 146 Å². The van der Waals surface area contributed by atoms with Crippen molar-refractivity contribution in [3.8, 4) is 27.9 Å². The minimum Gasteiger partial charge on any atom is -0.310 e. The quantitative estimate of drug-likeness (QED) is 0.162. The third-order valence-corrected chi connectivity index (χ3v) is 14.7. The number of fused-ring (bicyclic) bond motifs is 11. The molecular formula is C62H48N2. The SMILES string of the molecule is CC1C=CC2=C(C1)c1ccc(N(c3ccc(-c4ccccc4)cc3)c3ccc(-c4ccc5c(c4)c4c(n5-c5ccccc5)C=CCC4)cc3)cc1C21C2=C(C=CCC2)c2ccccc21. The van der Waals surface area contributed by atoms with Crippen LogP contribution in [0.5, 0.6) is 0 Å². The third kappa shape index (κ3) is 5.51. The monoisotopic (exact) mass is 820 g/mol. The van der Waals surface area contributed by atoms with Gasteiger partial charge in [0.05, 0.1) is 10.9 Å². The fourth-order valence-corrected chi connectivity index (χ4v) is 11.9. The van der Waals surface area contributed by atoms with E-state index in [1.807, 2.05) is 0 Å². The predicted molar refractivity (Wildman–Crippen MR) is 269 cm³/mol. The number of hydrogen-bond donors (Lipinski definition) is 0. The van der Waals surface area contributed by atoms with Crippen molar-refractivity contribution in [2.24, 2.45) is 5.92 Å². The van der Waals surface area contributed by atoms with E-state index in [0.29, 0.717) is 5.92 Å². The van der Waals surface area contributed by atoms with E-state index in [-0.39, 0.29) is 5.41 Å². The molecule has 2 heteroatoms. The van der Waals surface area contributed by atoms with Crippen LogP contribution in [-0.4, -0.2) is 4.57 Å². The maximum Gasteiger partial charge on any atom is 0.0685 e. The molecule has 306 valence electrons. The molecule has 0 radical (unpaired) electrons. The second-order valence-corrected chi connectivity index (χ2v) is 18.3. The Bertz CT molecular complexity index is 3330. The van der Waals surface area contributed by atoms with E-state index in [2.05, 4.69) is 223 Å². The molecule has 0 saturated heterocycles. The summed E-state index contributed by atoms with van der Waals surface area (Å²) in [6, 6.07) is 63.6. The zero-order chi connectivity index (χ0) is 42.4. The van der Waals surface area contributed by atoms with Crippen molar-refractivity contribution in [3.63, 3.8) is 0 Å². The first kappa shape index (κ1) is 37.2. The van der Waals surface area contributed by atoms with E-state index < -0.39 is 0 Å². The van der Waals surface area contributed by atoms with E-state index in [1.165, 1.54) is 94.8 Å². The standard InChI is InChI=1S/C62H48N2/c1-41-24-36-58-54(38-41)52-35-34-49(40-59(52)62(58)56-21-11-8-18-50(56)51-19-9-12-22-57(51)62)63(47-30-25-43(26-31-47)42-14-4-2-5-15-42)48-32-27-44(28-33-48)45-29-37-61-55(39-45)53-20-10-13-23-60(53)64(61)46-16-6-3-7-17-46/h2-9,11,13-19,21,23-37,39-41H,10,12,20,22,38H2,1H3. The molecule has 1 heterocycles. The van der Waals surface area contributed by atoms with Gasteiger partial charge in [0.1, 0.15) is 0 Å². The van der Waals surface area contributed by atoms with E-state index in [9.17, 15) is 0 Å². The molecule has 64 heavy (non-hydrogen) atoms. The highest BCUT2D eigenvalue weighted by atomic mass is 15.1. The first-order chi connectivity index (χ1) is 31.6. The van der Waals surface area contributed by atoms with Crippen LogP contribution in [0, 0.1) is 5.92 Å². The molecule has 2 nitrogen and oxygen atoms in total. The van der Waals surface area contributed by atoms with Gasteiger partial charge in [0.2, 0.25) is 0 Å². The van der Waals surface area contributed by atoms with Gasteiger partial charge in [0.15, 0.2) is 0 Å². The summed E-state index contributed by atoms with van der Waals surface area (Å²) in [7, 11) is 0. The Morgan fingerprint density at radius 3 is 2.00 bits per heavy atom. The molecule has 0 bridgehead atoms. The van der Waals surface area contributed by atoms with Crippen LogP contribution >= 0.6 is 0 Å². The van der Waals surface area contributed by atoms with Gasteiger partial charge in [-0.3, -0.25) is 0 Å². The van der Waals surface area contributed by atoms with Gasteiger partial charge in [0, 0.05) is 33.8 Å². The molecule has 13 rings (SSSR count). The summed E-state index contributed by atoms with van der Waals surface area (Å²) in [5, 5.41) is 1.35. The lowest BCUT2D eigenvalue weighted by atomic mass is 9.66. The topological polar surface area (TPSA) is 8.17 Å². The molecule has 2 atom stereocenters. The average Bonchev–Trinajstić information content (AvgIpc) is 3.96. The van der Waals surface area contributed by atoms with Crippen molar-refractivity contribution >= 4 is 45.2 Å². The summed E-state index contributed by atoms with van der Waals surface area (Å²) < 4.78 is 2.43.